The van der Waals surface area contributed by atoms with Gasteiger partial charge in [0.2, 0.25) is 0 Å². The van der Waals surface area contributed by atoms with Crippen LogP contribution in [0.25, 0.3) is 10.9 Å². The number of hydrogen-bond donors (Lipinski definition) is 1. The van der Waals surface area contributed by atoms with Crippen molar-refractivity contribution < 1.29 is 0 Å². The van der Waals surface area contributed by atoms with Crippen molar-refractivity contribution >= 4 is 10.9 Å². The summed E-state index contributed by atoms with van der Waals surface area (Å²) in [4.78, 5) is 6.89. The van der Waals surface area contributed by atoms with Gasteiger partial charge < -0.3 is 0 Å². The molecule has 0 bridgehead atoms. The van der Waals surface area contributed by atoms with E-state index in [1.165, 1.54) is 23.1 Å². The molecule has 2 aromatic heterocycles. The Hall–Kier alpha value is -2.20. The van der Waals surface area contributed by atoms with Crippen molar-refractivity contribution in [3.05, 3.63) is 60.0 Å². The van der Waals surface area contributed by atoms with Crippen LogP contribution in [0.2, 0.25) is 0 Å². The minimum absolute atomic E-state index is 0.592. The smallest absolute Gasteiger partial charge is 0.0702 e. The summed E-state index contributed by atoms with van der Waals surface area (Å²) in [6.45, 7) is 3.26. The Balaban J connectivity index is 1.48. The van der Waals surface area contributed by atoms with Gasteiger partial charge >= 0.3 is 0 Å². The summed E-state index contributed by atoms with van der Waals surface area (Å²) in [5.41, 5.74) is 3.69. The second kappa shape index (κ2) is 5.30. The SMILES string of the molecule is c1cnc2ccc(CN3CCC(c4ccn[nH]4)C3)cc2c1. The number of pyridine rings is 1. The predicted molar refractivity (Wildman–Crippen MR) is 83.0 cm³/mol. The van der Waals surface area contributed by atoms with E-state index in [1.807, 2.05) is 18.5 Å². The van der Waals surface area contributed by atoms with Gasteiger partial charge in [-0.05, 0) is 42.8 Å². The van der Waals surface area contributed by atoms with Crippen LogP contribution in [0.1, 0.15) is 23.6 Å². The number of likely N-dealkylation sites (tertiary alicyclic amines) is 1. The molecule has 3 heterocycles. The molecule has 1 saturated heterocycles. The zero-order chi connectivity index (χ0) is 14.1. The fraction of sp³-hybridized carbons (Fsp3) is 0.294. The lowest BCUT2D eigenvalue weighted by Crippen LogP contribution is -2.19. The second-order valence-electron chi connectivity index (χ2n) is 5.76. The van der Waals surface area contributed by atoms with Gasteiger partial charge in [-0.3, -0.25) is 15.0 Å². The van der Waals surface area contributed by atoms with E-state index in [0.29, 0.717) is 5.92 Å². The van der Waals surface area contributed by atoms with Crippen LogP contribution < -0.4 is 0 Å². The zero-order valence-electron chi connectivity index (χ0n) is 11.9. The number of hydrogen-bond acceptors (Lipinski definition) is 3. The van der Waals surface area contributed by atoms with Crippen LogP contribution in [0.15, 0.2) is 48.8 Å². The Bertz CT molecular complexity index is 735. The maximum Gasteiger partial charge on any atom is 0.0702 e. The molecule has 1 unspecified atom stereocenters. The molecule has 1 N–H and O–H groups in total. The Morgan fingerprint density at radius 2 is 2.19 bits per heavy atom. The van der Waals surface area contributed by atoms with Gasteiger partial charge in [0.1, 0.15) is 0 Å². The Morgan fingerprint density at radius 3 is 3.10 bits per heavy atom. The van der Waals surface area contributed by atoms with Crippen LogP contribution in [-0.4, -0.2) is 33.2 Å². The van der Waals surface area contributed by atoms with E-state index in [2.05, 4.69) is 50.4 Å². The Labute approximate surface area is 123 Å². The highest BCUT2D eigenvalue weighted by molar-refractivity contribution is 5.78. The first-order valence-corrected chi connectivity index (χ1v) is 7.44. The van der Waals surface area contributed by atoms with Crippen molar-refractivity contribution in [1.29, 1.82) is 0 Å². The fourth-order valence-electron chi connectivity index (χ4n) is 3.21. The monoisotopic (exact) mass is 278 g/mol. The van der Waals surface area contributed by atoms with Gasteiger partial charge in [0.25, 0.3) is 0 Å². The van der Waals surface area contributed by atoms with Gasteiger partial charge in [0.15, 0.2) is 0 Å². The number of fused-ring (bicyclic) bond motifs is 1. The molecule has 1 aliphatic heterocycles. The lowest BCUT2D eigenvalue weighted by Gasteiger charge is -2.16. The van der Waals surface area contributed by atoms with Crippen LogP contribution in [0, 0.1) is 0 Å². The summed E-state index contributed by atoms with van der Waals surface area (Å²) in [6.07, 6.45) is 4.89. The summed E-state index contributed by atoms with van der Waals surface area (Å²) in [5.74, 6) is 0.592. The molecule has 0 amide bonds. The summed E-state index contributed by atoms with van der Waals surface area (Å²) in [5, 5.41) is 8.38. The molecule has 1 atom stereocenters. The molecule has 0 spiro atoms. The minimum Gasteiger partial charge on any atom is -0.298 e. The van der Waals surface area contributed by atoms with Crippen molar-refractivity contribution in [2.45, 2.75) is 18.9 Å². The zero-order valence-corrected chi connectivity index (χ0v) is 11.9. The fourth-order valence-corrected chi connectivity index (χ4v) is 3.21. The summed E-state index contributed by atoms with van der Waals surface area (Å²) in [7, 11) is 0. The summed E-state index contributed by atoms with van der Waals surface area (Å²) >= 11 is 0. The van der Waals surface area contributed by atoms with Crippen molar-refractivity contribution in [2.75, 3.05) is 13.1 Å². The van der Waals surface area contributed by atoms with Gasteiger partial charge in [0.05, 0.1) is 5.52 Å². The third-order valence-corrected chi connectivity index (χ3v) is 4.31. The molecule has 4 heteroatoms. The molecule has 1 aromatic carbocycles. The number of nitrogens with zero attached hydrogens (tertiary/aromatic N) is 3. The largest absolute Gasteiger partial charge is 0.298 e. The summed E-state index contributed by atoms with van der Waals surface area (Å²) in [6, 6.07) is 12.8. The van der Waals surface area contributed by atoms with Crippen LogP contribution >= 0.6 is 0 Å². The van der Waals surface area contributed by atoms with Gasteiger partial charge in [0, 0.05) is 42.5 Å². The second-order valence-corrected chi connectivity index (χ2v) is 5.76. The number of rotatable bonds is 3. The number of benzene rings is 1. The van der Waals surface area contributed by atoms with Crippen LogP contribution in [0.3, 0.4) is 0 Å². The van der Waals surface area contributed by atoms with Gasteiger partial charge in [-0.25, -0.2) is 0 Å². The van der Waals surface area contributed by atoms with Gasteiger partial charge in [-0.1, -0.05) is 12.1 Å². The first-order chi connectivity index (χ1) is 10.4. The third kappa shape index (κ3) is 2.54. The molecule has 4 rings (SSSR count). The molecular formula is C17H18N4. The van der Waals surface area contributed by atoms with Crippen molar-refractivity contribution in [1.82, 2.24) is 20.1 Å². The topological polar surface area (TPSA) is 44.8 Å². The van der Waals surface area contributed by atoms with Crippen LogP contribution in [-0.2, 0) is 6.54 Å². The van der Waals surface area contributed by atoms with E-state index in [1.54, 1.807) is 0 Å². The maximum atomic E-state index is 4.38. The number of nitrogens with one attached hydrogen (secondary N) is 1. The van der Waals surface area contributed by atoms with Crippen LogP contribution in [0.4, 0.5) is 0 Å². The Morgan fingerprint density at radius 1 is 1.19 bits per heavy atom. The first-order valence-electron chi connectivity index (χ1n) is 7.44. The lowest BCUT2D eigenvalue weighted by atomic mass is 10.1. The molecule has 1 aliphatic rings. The highest BCUT2D eigenvalue weighted by Gasteiger charge is 2.24. The average Bonchev–Trinajstić information content (AvgIpc) is 3.18. The highest BCUT2D eigenvalue weighted by Crippen LogP contribution is 2.27. The van der Waals surface area contributed by atoms with Crippen LogP contribution in [0.5, 0.6) is 0 Å². The molecule has 21 heavy (non-hydrogen) atoms. The van der Waals surface area contributed by atoms with Crippen molar-refractivity contribution in [3.63, 3.8) is 0 Å². The van der Waals surface area contributed by atoms with E-state index in [4.69, 9.17) is 0 Å². The van der Waals surface area contributed by atoms with E-state index in [9.17, 15) is 0 Å². The minimum atomic E-state index is 0.592. The van der Waals surface area contributed by atoms with E-state index in [-0.39, 0.29) is 0 Å². The van der Waals surface area contributed by atoms with E-state index in [0.717, 1.165) is 25.2 Å². The molecule has 0 aliphatic carbocycles. The van der Waals surface area contributed by atoms with Crippen molar-refractivity contribution in [2.24, 2.45) is 0 Å². The molecule has 4 nitrogen and oxygen atoms in total. The first kappa shape index (κ1) is 12.5. The Kier molecular flexibility index (Phi) is 3.16. The number of aromatic amines is 1. The maximum absolute atomic E-state index is 4.38. The molecule has 106 valence electrons. The highest BCUT2D eigenvalue weighted by atomic mass is 15.2. The predicted octanol–water partition coefficient (Wildman–Crippen LogP) is 2.95. The summed E-state index contributed by atoms with van der Waals surface area (Å²) < 4.78 is 0. The normalized spacial score (nSPS) is 19.3. The molecule has 3 aromatic rings. The number of aromatic nitrogens is 3. The average molecular weight is 278 g/mol. The lowest BCUT2D eigenvalue weighted by molar-refractivity contribution is 0.326. The van der Waals surface area contributed by atoms with Gasteiger partial charge in [-0.15, -0.1) is 0 Å². The molecule has 0 saturated carbocycles. The van der Waals surface area contributed by atoms with E-state index < -0.39 is 0 Å². The van der Waals surface area contributed by atoms with E-state index >= 15 is 0 Å². The van der Waals surface area contributed by atoms with Gasteiger partial charge in [-0.2, -0.15) is 5.10 Å². The standard InChI is InChI=1S/C17H18N4/c1-2-14-10-13(3-4-16(14)18-7-1)11-21-9-6-15(12-21)17-5-8-19-20-17/h1-5,7-8,10,15H,6,9,11-12H2,(H,19,20). The molecule has 0 radical (unpaired) electrons. The number of H-pyrrole nitrogens is 1. The van der Waals surface area contributed by atoms with Crippen molar-refractivity contribution in [3.8, 4) is 0 Å². The quantitative estimate of drug-likeness (QED) is 0.801. The third-order valence-electron chi connectivity index (χ3n) is 4.31. The molecule has 1 fully saturated rings. The molecular weight excluding hydrogens is 260 g/mol.